The van der Waals surface area contributed by atoms with Gasteiger partial charge >= 0.3 is 0 Å². The maximum atomic E-state index is 11.7. The molecule has 4 N–H and O–H groups in total. The average molecular weight is 336 g/mol. The van der Waals surface area contributed by atoms with Crippen LogP contribution in [0.5, 0.6) is 0 Å². The first-order valence-electron chi connectivity index (χ1n) is 7.83. The quantitative estimate of drug-likeness (QED) is 0.666. The molecule has 7 heteroatoms. The molecular weight excluding hydrogens is 312 g/mol. The Morgan fingerprint density at radius 2 is 1.83 bits per heavy atom. The first-order valence-corrected chi connectivity index (χ1v) is 8.98. The van der Waals surface area contributed by atoms with Crippen molar-refractivity contribution in [2.75, 3.05) is 49.5 Å². The van der Waals surface area contributed by atoms with Gasteiger partial charge < -0.3 is 21.3 Å². The van der Waals surface area contributed by atoms with E-state index in [-0.39, 0.29) is 24.9 Å². The molecule has 2 amide bonds. The minimum atomic E-state index is -0.341. The smallest absolute Gasteiger partial charge is 0.243 e. The van der Waals surface area contributed by atoms with Crippen molar-refractivity contribution in [3.63, 3.8) is 0 Å². The Morgan fingerprint density at radius 3 is 2.48 bits per heavy atom. The van der Waals surface area contributed by atoms with Crippen LogP contribution in [0.25, 0.3) is 0 Å². The molecule has 2 rings (SSSR count). The summed E-state index contributed by atoms with van der Waals surface area (Å²) in [6.07, 6.45) is 1.02. The van der Waals surface area contributed by atoms with Gasteiger partial charge in [0.25, 0.3) is 0 Å². The number of thioether (sulfide) groups is 1. The van der Waals surface area contributed by atoms with Gasteiger partial charge in [-0.05, 0) is 24.1 Å². The zero-order valence-electron chi connectivity index (χ0n) is 13.2. The van der Waals surface area contributed by atoms with Gasteiger partial charge in [-0.15, -0.1) is 0 Å². The number of hydrogen-bond donors (Lipinski definition) is 3. The highest BCUT2D eigenvalue weighted by Crippen LogP contribution is 2.12. The van der Waals surface area contributed by atoms with E-state index in [0.29, 0.717) is 0 Å². The topological polar surface area (TPSA) is 87.5 Å². The van der Waals surface area contributed by atoms with E-state index >= 15 is 0 Å². The Morgan fingerprint density at radius 1 is 1.13 bits per heavy atom. The fraction of sp³-hybridized carbons (Fsp3) is 0.500. The lowest BCUT2D eigenvalue weighted by atomic mass is 10.1. The molecule has 0 unspecified atom stereocenters. The molecule has 0 aliphatic carbocycles. The Labute approximate surface area is 141 Å². The Bertz CT molecular complexity index is 515. The second-order valence-electron chi connectivity index (χ2n) is 5.43. The average Bonchev–Trinajstić information content (AvgIpc) is 2.60. The summed E-state index contributed by atoms with van der Waals surface area (Å²) >= 11 is 2.02. The Hall–Kier alpha value is -1.57. The van der Waals surface area contributed by atoms with Crippen LogP contribution in [0.1, 0.15) is 5.56 Å². The molecule has 1 heterocycles. The number of amides is 2. The van der Waals surface area contributed by atoms with Gasteiger partial charge in [0.1, 0.15) is 0 Å². The number of rotatable bonds is 7. The standard InChI is InChI=1S/C16H24N4O2S/c17-11-15(21)18-12-16(22)19-14-3-1-13(2-4-14)5-6-20-7-9-23-10-8-20/h1-4H,5-12,17H2,(H,18,21)(H,19,22). The second-order valence-corrected chi connectivity index (χ2v) is 6.65. The molecule has 0 saturated carbocycles. The summed E-state index contributed by atoms with van der Waals surface area (Å²) in [6.45, 7) is 3.25. The van der Waals surface area contributed by atoms with Crippen LogP contribution in [0.15, 0.2) is 24.3 Å². The minimum Gasteiger partial charge on any atom is -0.346 e. The lowest BCUT2D eigenvalue weighted by Gasteiger charge is -2.26. The summed E-state index contributed by atoms with van der Waals surface area (Å²) in [5.41, 5.74) is 7.15. The van der Waals surface area contributed by atoms with Crippen LogP contribution in [0.3, 0.4) is 0 Å². The van der Waals surface area contributed by atoms with Gasteiger partial charge in [-0.25, -0.2) is 0 Å². The highest BCUT2D eigenvalue weighted by Gasteiger charge is 2.10. The SMILES string of the molecule is NCC(=O)NCC(=O)Nc1ccc(CCN2CCSCC2)cc1. The van der Waals surface area contributed by atoms with Crippen LogP contribution in [0, 0.1) is 0 Å². The first-order chi connectivity index (χ1) is 11.2. The largest absolute Gasteiger partial charge is 0.346 e. The van der Waals surface area contributed by atoms with E-state index in [1.54, 1.807) is 0 Å². The first kappa shape index (κ1) is 17.8. The van der Waals surface area contributed by atoms with Gasteiger partial charge in [0.15, 0.2) is 0 Å². The van der Waals surface area contributed by atoms with Gasteiger partial charge in [0.2, 0.25) is 11.8 Å². The molecule has 1 aromatic carbocycles. The normalized spacial score (nSPS) is 15.2. The second kappa shape index (κ2) is 9.54. The predicted octanol–water partition coefficient (Wildman–Crippen LogP) is 0.291. The molecule has 1 aromatic rings. The van der Waals surface area contributed by atoms with Gasteiger partial charge in [0, 0.05) is 36.8 Å². The maximum Gasteiger partial charge on any atom is 0.243 e. The third-order valence-corrected chi connectivity index (χ3v) is 4.63. The molecule has 126 valence electrons. The van der Waals surface area contributed by atoms with E-state index in [4.69, 9.17) is 5.73 Å². The Kier molecular flexibility index (Phi) is 7.38. The third kappa shape index (κ3) is 6.60. The summed E-state index contributed by atoms with van der Waals surface area (Å²) in [5, 5.41) is 5.18. The van der Waals surface area contributed by atoms with Crippen molar-refractivity contribution in [3.05, 3.63) is 29.8 Å². The van der Waals surface area contributed by atoms with Crippen LogP contribution in [-0.4, -0.2) is 60.9 Å². The van der Waals surface area contributed by atoms with E-state index in [9.17, 15) is 9.59 Å². The molecule has 6 nitrogen and oxygen atoms in total. The summed E-state index contributed by atoms with van der Waals surface area (Å²) in [7, 11) is 0. The van der Waals surface area contributed by atoms with Crippen molar-refractivity contribution in [1.29, 1.82) is 0 Å². The van der Waals surface area contributed by atoms with Crippen molar-refractivity contribution in [2.24, 2.45) is 5.73 Å². The van der Waals surface area contributed by atoms with Gasteiger partial charge in [-0.2, -0.15) is 11.8 Å². The fourth-order valence-corrected chi connectivity index (χ4v) is 3.30. The Balaban J connectivity index is 1.73. The molecule has 23 heavy (non-hydrogen) atoms. The maximum absolute atomic E-state index is 11.7. The van der Waals surface area contributed by atoms with Crippen LogP contribution >= 0.6 is 11.8 Å². The van der Waals surface area contributed by atoms with Gasteiger partial charge in [-0.3, -0.25) is 9.59 Å². The summed E-state index contributed by atoms with van der Waals surface area (Å²) in [5.74, 6) is 1.86. The summed E-state index contributed by atoms with van der Waals surface area (Å²) < 4.78 is 0. The monoisotopic (exact) mass is 336 g/mol. The molecule has 1 aliphatic rings. The molecule has 1 fully saturated rings. The number of nitrogens with two attached hydrogens (primary N) is 1. The predicted molar refractivity (Wildman–Crippen MR) is 94.6 cm³/mol. The van der Waals surface area contributed by atoms with Crippen LogP contribution in [0.2, 0.25) is 0 Å². The molecule has 0 radical (unpaired) electrons. The van der Waals surface area contributed by atoms with Crippen molar-refractivity contribution in [3.8, 4) is 0 Å². The highest BCUT2D eigenvalue weighted by molar-refractivity contribution is 7.99. The fourth-order valence-electron chi connectivity index (χ4n) is 2.32. The number of nitrogens with one attached hydrogen (secondary N) is 2. The zero-order valence-corrected chi connectivity index (χ0v) is 14.0. The van der Waals surface area contributed by atoms with Crippen LogP contribution in [-0.2, 0) is 16.0 Å². The summed E-state index contributed by atoms with van der Waals surface area (Å²) in [4.78, 5) is 25.2. The van der Waals surface area contributed by atoms with Gasteiger partial charge in [0.05, 0.1) is 13.1 Å². The van der Waals surface area contributed by atoms with Crippen molar-refractivity contribution in [1.82, 2.24) is 10.2 Å². The third-order valence-electron chi connectivity index (χ3n) is 3.69. The minimum absolute atomic E-state index is 0.0647. The van der Waals surface area contributed by atoms with Crippen LogP contribution < -0.4 is 16.4 Å². The zero-order chi connectivity index (χ0) is 16.5. The van der Waals surface area contributed by atoms with Gasteiger partial charge in [-0.1, -0.05) is 12.1 Å². The van der Waals surface area contributed by atoms with E-state index in [2.05, 4.69) is 15.5 Å². The van der Waals surface area contributed by atoms with Crippen molar-refractivity contribution >= 4 is 29.3 Å². The summed E-state index contributed by atoms with van der Waals surface area (Å²) in [6, 6.07) is 7.85. The number of carbonyl (C=O) groups is 2. The number of carbonyl (C=O) groups excluding carboxylic acids is 2. The molecule has 0 atom stereocenters. The van der Waals surface area contributed by atoms with E-state index < -0.39 is 0 Å². The van der Waals surface area contributed by atoms with Crippen molar-refractivity contribution < 1.29 is 9.59 Å². The lowest BCUT2D eigenvalue weighted by molar-refractivity contribution is -0.123. The molecule has 0 spiro atoms. The number of nitrogens with zero attached hydrogens (tertiary/aromatic N) is 1. The van der Waals surface area contributed by atoms with E-state index in [1.165, 1.54) is 30.2 Å². The van der Waals surface area contributed by atoms with Crippen LogP contribution in [0.4, 0.5) is 5.69 Å². The number of benzene rings is 1. The lowest BCUT2D eigenvalue weighted by Crippen LogP contribution is -2.36. The molecule has 1 aliphatic heterocycles. The molecular formula is C16H24N4O2S. The number of hydrogen-bond acceptors (Lipinski definition) is 5. The van der Waals surface area contributed by atoms with E-state index in [0.717, 1.165) is 18.7 Å². The van der Waals surface area contributed by atoms with E-state index in [1.807, 2.05) is 36.0 Å². The highest BCUT2D eigenvalue weighted by atomic mass is 32.2. The van der Waals surface area contributed by atoms with Crippen molar-refractivity contribution in [2.45, 2.75) is 6.42 Å². The molecule has 0 aromatic heterocycles. The number of anilines is 1. The molecule has 0 bridgehead atoms. The molecule has 1 saturated heterocycles.